The van der Waals surface area contributed by atoms with Crippen LogP contribution in [0.25, 0.3) is 0 Å². The minimum atomic E-state index is -0.148. The molecule has 0 amide bonds. The number of nitrogens with two attached hydrogens (primary N) is 1. The fraction of sp³-hybridized carbons (Fsp3) is 0.455. The zero-order chi connectivity index (χ0) is 10.1. The van der Waals surface area contributed by atoms with E-state index in [1.807, 2.05) is 17.9 Å². The van der Waals surface area contributed by atoms with Crippen molar-refractivity contribution in [3.05, 3.63) is 29.6 Å². The van der Waals surface area contributed by atoms with Crippen LogP contribution in [0.2, 0.25) is 0 Å². The zero-order valence-electron chi connectivity index (χ0n) is 8.33. The predicted molar refractivity (Wildman–Crippen MR) is 55.9 cm³/mol. The molecular formula is C11H15FN2. The average molecular weight is 194 g/mol. The number of benzene rings is 1. The maximum absolute atomic E-state index is 13.5. The van der Waals surface area contributed by atoms with Crippen molar-refractivity contribution in [2.24, 2.45) is 5.73 Å². The molecule has 0 saturated carbocycles. The van der Waals surface area contributed by atoms with Crippen molar-refractivity contribution < 1.29 is 4.39 Å². The van der Waals surface area contributed by atoms with Crippen molar-refractivity contribution in [3.63, 3.8) is 0 Å². The van der Waals surface area contributed by atoms with Crippen molar-refractivity contribution >= 4 is 5.69 Å². The molecular weight excluding hydrogens is 179 g/mol. The lowest BCUT2D eigenvalue weighted by Crippen LogP contribution is -2.26. The lowest BCUT2D eigenvalue weighted by atomic mass is 10.2. The highest BCUT2D eigenvalue weighted by Crippen LogP contribution is 2.24. The second kappa shape index (κ2) is 3.58. The standard InChI is InChI=1S/C11H15FN2/c1-8-2-3-10(12)11(6-8)14-5-4-9(13)7-14/h2-3,6,9H,4-5,7,13H2,1H3. The smallest absolute Gasteiger partial charge is 0.146 e. The Morgan fingerprint density at radius 2 is 2.29 bits per heavy atom. The van der Waals surface area contributed by atoms with E-state index >= 15 is 0 Å². The lowest BCUT2D eigenvalue weighted by Gasteiger charge is -2.19. The van der Waals surface area contributed by atoms with E-state index < -0.39 is 0 Å². The van der Waals surface area contributed by atoms with Crippen molar-refractivity contribution in [3.8, 4) is 0 Å². The van der Waals surface area contributed by atoms with E-state index in [0.717, 1.165) is 25.1 Å². The SMILES string of the molecule is Cc1ccc(F)c(N2CCC(N)C2)c1. The van der Waals surface area contributed by atoms with Gasteiger partial charge in [0.25, 0.3) is 0 Å². The van der Waals surface area contributed by atoms with Gasteiger partial charge < -0.3 is 10.6 Å². The Morgan fingerprint density at radius 1 is 1.50 bits per heavy atom. The fourth-order valence-corrected chi connectivity index (χ4v) is 1.87. The Labute approximate surface area is 83.5 Å². The fourth-order valence-electron chi connectivity index (χ4n) is 1.87. The topological polar surface area (TPSA) is 29.3 Å². The molecule has 1 heterocycles. The van der Waals surface area contributed by atoms with Gasteiger partial charge in [0.05, 0.1) is 5.69 Å². The number of halogens is 1. The van der Waals surface area contributed by atoms with Gasteiger partial charge in [-0.2, -0.15) is 0 Å². The van der Waals surface area contributed by atoms with Gasteiger partial charge in [-0.05, 0) is 31.0 Å². The molecule has 76 valence electrons. The van der Waals surface area contributed by atoms with Crippen LogP contribution in [0.4, 0.5) is 10.1 Å². The second-order valence-electron chi connectivity index (χ2n) is 3.95. The van der Waals surface area contributed by atoms with Crippen molar-refractivity contribution in [2.45, 2.75) is 19.4 Å². The van der Waals surface area contributed by atoms with Gasteiger partial charge in [0, 0.05) is 19.1 Å². The van der Waals surface area contributed by atoms with E-state index in [1.165, 1.54) is 6.07 Å². The van der Waals surface area contributed by atoms with E-state index in [4.69, 9.17) is 5.73 Å². The molecule has 1 aliphatic heterocycles. The number of anilines is 1. The Morgan fingerprint density at radius 3 is 2.93 bits per heavy atom. The Kier molecular flexibility index (Phi) is 2.42. The molecule has 0 spiro atoms. The largest absolute Gasteiger partial charge is 0.368 e. The minimum absolute atomic E-state index is 0.148. The predicted octanol–water partition coefficient (Wildman–Crippen LogP) is 1.67. The first-order chi connectivity index (χ1) is 6.66. The molecule has 14 heavy (non-hydrogen) atoms. The van der Waals surface area contributed by atoms with E-state index in [0.29, 0.717) is 5.69 Å². The van der Waals surface area contributed by atoms with Gasteiger partial charge in [-0.25, -0.2) is 4.39 Å². The first-order valence-electron chi connectivity index (χ1n) is 4.93. The van der Waals surface area contributed by atoms with Crippen LogP contribution in [-0.2, 0) is 0 Å². The summed E-state index contributed by atoms with van der Waals surface area (Å²) in [5.74, 6) is -0.148. The average Bonchev–Trinajstić information content (AvgIpc) is 2.56. The third kappa shape index (κ3) is 1.73. The van der Waals surface area contributed by atoms with E-state index in [2.05, 4.69) is 0 Å². The summed E-state index contributed by atoms with van der Waals surface area (Å²) in [6.07, 6.45) is 0.952. The van der Waals surface area contributed by atoms with Crippen LogP contribution in [-0.4, -0.2) is 19.1 Å². The summed E-state index contributed by atoms with van der Waals surface area (Å²) in [5, 5.41) is 0. The normalized spacial score (nSPS) is 21.6. The van der Waals surface area contributed by atoms with Gasteiger partial charge in [0.2, 0.25) is 0 Å². The molecule has 0 aliphatic carbocycles. The minimum Gasteiger partial charge on any atom is -0.368 e. The van der Waals surface area contributed by atoms with Crippen LogP contribution in [0.5, 0.6) is 0 Å². The molecule has 0 radical (unpaired) electrons. The van der Waals surface area contributed by atoms with Gasteiger partial charge in [-0.15, -0.1) is 0 Å². The summed E-state index contributed by atoms with van der Waals surface area (Å²) < 4.78 is 13.5. The summed E-state index contributed by atoms with van der Waals surface area (Å²) in [5.41, 5.74) is 7.56. The summed E-state index contributed by atoms with van der Waals surface area (Å²) in [6.45, 7) is 3.60. The summed E-state index contributed by atoms with van der Waals surface area (Å²) >= 11 is 0. The molecule has 1 aliphatic rings. The molecule has 0 bridgehead atoms. The highest BCUT2D eigenvalue weighted by Gasteiger charge is 2.21. The van der Waals surface area contributed by atoms with Crippen LogP contribution in [0.15, 0.2) is 18.2 Å². The molecule has 1 saturated heterocycles. The zero-order valence-corrected chi connectivity index (χ0v) is 8.33. The maximum Gasteiger partial charge on any atom is 0.146 e. The first kappa shape index (κ1) is 9.46. The summed E-state index contributed by atoms with van der Waals surface area (Å²) in [6, 6.07) is 5.38. The molecule has 0 aromatic heterocycles. The summed E-state index contributed by atoms with van der Waals surface area (Å²) in [7, 11) is 0. The Balaban J connectivity index is 2.27. The number of nitrogens with zero attached hydrogens (tertiary/aromatic N) is 1. The molecule has 1 unspecified atom stereocenters. The van der Waals surface area contributed by atoms with Crippen LogP contribution in [0.1, 0.15) is 12.0 Å². The highest BCUT2D eigenvalue weighted by molar-refractivity contribution is 5.50. The van der Waals surface area contributed by atoms with E-state index in [1.54, 1.807) is 6.07 Å². The first-order valence-corrected chi connectivity index (χ1v) is 4.93. The van der Waals surface area contributed by atoms with Crippen molar-refractivity contribution in [1.82, 2.24) is 0 Å². The van der Waals surface area contributed by atoms with Crippen LogP contribution < -0.4 is 10.6 Å². The van der Waals surface area contributed by atoms with Gasteiger partial charge in [-0.1, -0.05) is 6.07 Å². The molecule has 2 N–H and O–H groups in total. The van der Waals surface area contributed by atoms with Crippen molar-refractivity contribution in [2.75, 3.05) is 18.0 Å². The van der Waals surface area contributed by atoms with Crippen LogP contribution >= 0.6 is 0 Å². The molecule has 1 aromatic rings. The van der Waals surface area contributed by atoms with Gasteiger partial charge in [-0.3, -0.25) is 0 Å². The van der Waals surface area contributed by atoms with Gasteiger partial charge in [0.1, 0.15) is 5.82 Å². The van der Waals surface area contributed by atoms with E-state index in [-0.39, 0.29) is 11.9 Å². The number of hydrogen-bond donors (Lipinski definition) is 1. The highest BCUT2D eigenvalue weighted by atomic mass is 19.1. The van der Waals surface area contributed by atoms with E-state index in [9.17, 15) is 4.39 Å². The van der Waals surface area contributed by atoms with Gasteiger partial charge >= 0.3 is 0 Å². The monoisotopic (exact) mass is 194 g/mol. The third-order valence-corrected chi connectivity index (χ3v) is 2.67. The molecule has 1 aromatic carbocycles. The summed E-state index contributed by atoms with van der Waals surface area (Å²) in [4.78, 5) is 2.02. The Hall–Kier alpha value is -1.09. The lowest BCUT2D eigenvalue weighted by molar-refractivity contribution is 0.622. The molecule has 2 rings (SSSR count). The maximum atomic E-state index is 13.5. The van der Waals surface area contributed by atoms with Crippen LogP contribution in [0.3, 0.4) is 0 Å². The van der Waals surface area contributed by atoms with Crippen molar-refractivity contribution in [1.29, 1.82) is 0 Å². The van der Waals surface area contributed by atoms with Crippen LogP contribution in [0, 0.1) is 12.7 Å². The number of hydrogen-bond acceptors (Lipinski definition) is 2. The quantitative estimate of drug-likeness (QED) is 0.737. The third-order valence-electron chi connectivity index (χ3n) is 2.67. The molecule has 1 atom stereocenters. The molecule has 2 nitrogen and oxygen atoms in total. The number of aryl methyl sites for hydroxylation is 1. The molecule has 1 fully saturated rings. The second-order valence-corrected chi connectivity index (χ2v) is 3.95. The number of rotatable bonds is 1. The van der Waals surface area contributed by atoms with Gasteiger partial charge in [0.15, 0.2) is 0 Å². The molecule has 3 heteroatoms. The Bertz CT molecular complexity index is 338.